The van der Waals surface area contributed by atoms with Crippen molar-refractivity contribution in [1.82, 2.24) is 0 Å². The molecule has 3 aromatic carbocycles. The van der Waals surface area contributed by atoms with Crippen LogP contribution in [0.3, 0.4) is 0 Å². The maximum absolute atomic E-state index is 14.1. The Hall–Kier alpha value is -3.78. The molecule has 2 heterocycles. The fraction of sp³-hybridized carbons (Fsp3) is 0.222. The first-order chi connectivity index (χ1) is 16.8. The second-order valence-corrected chi connectivity index (χ2v) is 9.79. The van der Waals surface area contributed by atoms with Crippen molar-refractivity contribution in [3.05, 3.63) is 83.4 Å². The quantitative estimate of drug-likeness (QED) is 0.583. The van der Waals surface area contributed by atoms with Crippen molar-refractivity contribution in [1.29, 1.82) is 0 Å². The average Bonchev–Trinajstić information content (AvgIpc) is 3.32. The largest absolute Gasteiger partial charge is 0.497 e. The lowest BCUT2D eigenvalue weighted by atomic mass is 10.0. The smallest absolute Gasteiger partial charge is 0.269 e. The van der Waals surface area contributed by atoms with Crippen molar-refractivity contribution in [2.24, 2.45) is 0 Å². The fourth-order valence-corrected chi connectivity index (χ4v) is 5.98. The first kappa shape index (κ1) is 23.0. The number of thioether (sulfide) groups is 1. The second kappa shape index (κ2) is 8.78. The van der Waals surface area contributed by atoms with Gasteiger partial charge < -0.3 is 10.1 Å². The summed E-state index contributed by atoms with van der Waals surface area (Å²) in [6, 6.07) is 20.2. The van der Waals surface area contributed by atoms with Crippen LogP contribution in [0.5, 0.6) is 5.75 Å². The van der Waals surface area contributed by atoms with Gasteiger partial charge in [0.1, 0.15) is 12.3 Å². The highest BCUT2D eigenvalue weighted by molar-refractivity contribution is 8.02. The number of amides is 3. The molecule has 1 atom stereocenters. The van der Waals surface area contributed by atoms with E-state index in [-0.39, 0.29) is 30.0 Å². The molecule has 3 amide bonds. The van der Waals surface area contributed by atoms with E-state index in [1.807, 2.05) is 56.3 Å². The Morgan fingerprint density at radius 1 is 1.03 bits per heavy atom. The van der Waals surface area contributed by atoms with Crippen LogP contribution in [0.25, 0.3) is 0 Å². The number of nitrogens with one attached hydrogen (secondary N) is 1. The standard InChI is InChI=1S/C27H25N3O4S/c1-17-11-12-20(13-18(17)2)30-25(32)16-35-27(30)22-9-4-5-10-23(22)29(26(27)33)15-24(31)28-19-7-6-8-21(14-19)34-3/h4-14H,15-16H2,1-3H3,(H,28,31)/t27-/m1/s1. The summed E-state index contributed by atoms with van der Waals surface area (Å²) < 4.78 is 5.22. The minimum atomic E-state index is -1.24. The van der Waals surface area contributed by atoms with E-state index in [1.54, 1.807) is 36.3 Å². The van der Waals surface area contributed by atoms with Crippen LogP contribution in [0.15, 0.2) is 66.7 Å². The molecule has 2 aliphatic heterocycles. The van der Waals surface area contributed by atoms with Gasteiger partial charge in [0.05, 0.1) is 18.6 Å². The van der Waals surface area contributed by atoms with Gasteiger partial charge in [0.2, 0.25) is 16.7 Å². The predicted octanol–water partition coefficient (Wildman–Crippen LogP) is 4.23. The minimum absolute atomic E-state index is 0.135. The Labute approximate surface area is 208 Å². The van der Waals surface area contributed by atoms with E-state index in [1.165, 1.54) is 16.7 Å². The molecule has 1 saturated heterocycles. The third-order valence-corrected chi connectivity index (χ3v) is 7.85. The molecule has 8 heteroatoms. The van der Waals surface area contributed by atoms with Crippen LogP contribution in [0.4, 0.5) is 17.1 Å². The minimum Gasteiger partial charge on any atom is -0.497 e. The number of benzene rings is 3. The van der Waals surface area contributed by atoms with Gasteiger partial charge >= 0.3 is 0 Å². The monoisotopic (exact) mass is 487 g/mol. The van der Waals surface area contributed by atoms with E-state index < -0.39 is 4.87 Å². The maximum Gasteiger partial charge on any atom is 0.269 e. The Kier molecular flexibility index (Phi) is 5.76. The zero-order valence-corrected chi connectivity index (χ0v) is 20.5. The molecule has 1 fully saturated rings. The molecule has 178 valence electrons. The molecule has 0 unspecified atom stereocenters. The number of methoxy groups -OCH3 is 1. The van der Waals surface area contributed by atoms with Gasteiger partial charge in [-0.2, -0.15) is 0 Å². The van der Waals surface area contributed by atoms with Crippen LogP contribution in [0.2, 0.25) is 0 Å². The molecule has 0 radical (unpaired) electrons. The molecule has 0 saturated carbocycles. The van der Waals surface area contributed by atoms with Crippen molar-refractivity contribution in [2.75, 3.05) is 34.5 Å². The van der Waals surface area contributed by atoms with Crippen molar-refractivity contribution in [3.8, 4) is 5.75 Å². The third kappa shape index (κ3) is 3.74. The molecule has 0 aliphatic carbocycles. The van der Waals surface area contributed by atoms with Gasteiger partial charge in [0.15, 0.2) is 0 Å². The summed E-state index contributed by atoms with van der Waals surface area (Å²) in [6.07, 6.45) is 0. The third-order valence-electron chi connectivity index (χ3n) is 6.47. The van der Waals surface area contributed by atoms with E-state index in [0.29, 0.717) is 28.4 Å². The molecule has 35 heavy (non-hydrogen) atoms. The number of anilines is 3. The van der Waals surface area contributed by atoms with E-state index >= 15 is 0 Å². The molecule has 0 aromatic heterocycles. The highest BCUT2D eigenvalue weighted by atomic mass is 32.2. The first-order valence-electron chi connectivity index (χ1n) is 11.2. The van der Waals surface area contributed by atoms with Crippen LogP contribution in [0.1, 0.15) is 16.7 Å². The van der Waals surface area contributed by atoms with Gasteiger partial charge in [-0.1, -0.05) is 30.3 Å². The fourth-order valence-electron chi connectivity index (χ4n) is 4.62. The van der Waals surface area contributed by atoms with Gasteiger partial charge in [-0.3, -0.25) is 24.2 Å². The summed E-state index contributed by atoms with van der Waals surface area (Å²) in [6.45, 7) is 3.82. The van der Waals surface area contributed by atoms with Crippen LogP contribution < -0.4 is 19.9 Å². The first-order valence-corrected chi connectivity index (χ1v) is 12.2. The van der Waals surface area contributed by atoms with Gasteiger partial charge in [0.25, 0.3) is 5.91 Å². The number of ether oxygens (including phenoxy) is 1. The summed E-state index contributed by atoms with van der Waals surface area (Å²) in [7, 11) is 1.56. The maximum atomic E-state index is 14.1. The molecular formula is C27H25N3O4S. The summed E-state index contributed by atoms with van der Waals surface area (Å²) in [5, 5.41) is 2.84. The molecule has 5 rings (SSSR count). The second-order valence-electron chi connectivity index (χ2n) is 8.62. The lowest BCUT2D eigenvalue weighted by Gasteiger charge is -2.33. The van der Waals surface area contributed by atoms with Crippen molar-refractivity contribution >= 4 is 46.5 Å². The highest BCUT2D eigenvalue weighted by Gasteiger charge is 2.61. The molecular weight excluding hydrogens is 462 g/mol. The lowest BCUT2D eigenvalue weighted by Crippen LogP contribution is -2.50. The summed E-state index contributed by atoms with van der Waals surface area (Å²) in [5.41, 5.74) is 4.74. The number of carbonyl (C=O) groups is 3. The lowest BCUT2D eigenvalue weighted by molar-refractivity contribution is -0.124. The van der Waals surface area contributed by atoms with Crippen LogP contribution in [0, 0.1) is 13.8 Å². The molecule has 2 aliphatic rings. The summed E-state index contributed by atoms with van der Waals surface area (Å²) in [4.78, 5) is 42.1. The number of hydrogen-bond donors (Lipinski definition) is 1. The number of para-hydroxylation sites is 1. The summed E-state index contributed by atoms with van der Waals surface area (Å²) >= 11 is 1.30. The molecule has 3 aromatic rings. The van der Waals surface area contributed by atoms with Crippen LogP contribution >= 0.6 is 11.8 Å². The number of fused-ring (bicyclic) bond motifs is 2. The van der Waals surface area contributed by atoms with Gasteiger partial charge in [-0.05, 0) is 55.3 Å². The van der Waals surface area contributed by atoms with Gasteiger partial charge in [-0.15, -0.1) is 11.8 Å². The topological polar surface area (TPSA) is 79.0 Å². The number of hydrogen-bond acceptors (Lipinski definition) is 5. The van der Waals surface area contributed by atoms with Crippen LogP contribution in [-0.2, 0) is 19.3 Å². The number of rotatable bonds is 5. The van der Waals surface area contributed by atoms with E-state index in [2.05, 4.69) is 5.32 Å². The summed E-state index contributed by atoms with van der Waals surface area (Å²) in [5.74, 6) is 0.0223. The van der Waals surface area contributed by atoms with E-state index in [0.717, 1.165) is 11.1 Å². The SMILES string of the molecule is COc1cccc(NC(=O)CN2C(=O)[C@]3(SCC(=O)N3c3ccc(C)c(C)c3)c3ccccc32)c1. The average molecular weight is 488 g/mol. The molecule has 7 nitrogen and oxygen atoms in total. The Morgan fingerprint density at radius 3 is 2.60 bits per heavy atom. The Bertz CT molecular complexity index is 1360. The number of nitrogens with zero attached hydrogens (tertiary/aromatic N) is 2. The zero-order chi connectivity index (χ0) is 24.7. The zero-order valence-electron chi connectivity index (χ0n) is 19.7. The molecule has 1 N–H and O–H groups in total. The van der Waals surface area contributed by atoms with Crippen molar-refractivity contribution in [3.63, 3.8) is 0 Å². The number of carbonyl (C=O) groups excluding carboxylic acids is 3. The van der Waals surface area contributed by atoms with Crippen LogP contribution in [-0.4, -0.2) is 37.1 Å². The number of aryl methyl sites for hydroxylation is 2. The van der Waals surface area contributed by atoms with Gasteiger partial charge in [-0.25, -0.2) is 0 Å². The Morgan fingerprint density at radius 2 is 1.83 bits per heavy atom. The van der Waals surface area contributed by atoms with E-state index in [4.69, 9.17) is 4.74 Å². The normalized spacial score (nSPS) is 18.8. The molecule has 1 spiro atoms. The highest BCUT2D eigenvalue weighted by Crippen LogP contribution is 2.55. The molecule has 0 bridgehead atoms. The van der Waals surface area contributed by atoms with Crippen molar-refractivity contribution < 1.29 is 19.1 Å². The van der Waals surface area contributed by atoms with E-state index in [9.17, 15) is 14.4 Å². The Balaban J connectivity index is 1.51. The van der Waals surface area contributed by atoms with Gasteiger partial charge in [0, 0.05) is 23.0 Å². The predicted molar refractivity (Wildman–Crippen MR) is 138 cm³/mol. The van der Waals surface area contributed by atoms with Crippen molar-refractivity contribution in [2.45, 2.75) is 18.7 Å².